The van der Waals surface area contributed by atoms with E-state index in [1.54, 1.807) is 12.1 Å². The number of nitrogens with zero attached hydrogens (tertiary/aromatic N) is 4. The lowest BCUT2D eigenvalue weighted by atomic mass is 9.80. The molecule has 37 heavy (non-hydrogen) atoms. The summed E-state index contributed by atoms with van der Waals surface area (Å²) in [5, 5.41) is 40.9. The highest BCUT2D eigenvalue weighted by atomic mass is 16.5. The van der Waals surface area contributed by atoms with Gasteiger partial charge in [0, 0.05) is 35.7 Å². The zero-order valence-electron chi connectivity index (χ0n) is 21.3. The maximum atomic E-state index is 13.2. The van der Waals surface area contributed by atoms with Gasteiger partial charge in [-0.1, -0.05) is 13.8 Å². The van der Waals surface area contributed by atoms with Crippen molar-refractivity contribution >= 4 is 22.5 Å². The highest BCUT2D eigenvalue weighted by Gasteiger charge is 2.34. The molecule has 0 aliphatic heterocycles. The second-order valence-electron chi connectivity index (χ2n) is 10.8. The topological polar surface area (TPSA) is 127 Å². The molecule has 194 valence electrons. The van der Waals surface area contributed by atoms with Crippen LogP contribution in [0.1, 0.15) is 86.9 Å². The minimum atomic E-state index is -0.912. The summed E-state index contributed by atoms with van der Waals surface area (Å²) < 4.78 is 8.71. The molecule has 1 amide bonds. The highest BCUT2D eigenvalue weighted by molar-refractivity contribution is 6.04. The molecule has 2 aliphatic rings. The zero-order valence-corrected chi connectivity index (χ0v) is 21.3. The number of fused-ring (bicyclic) bond motifs is 1. The second-order valence-corrected chi connectivity index (χ2v) is 10.8. The van der Waals surface area contributed by atoms with E-state index in [-0.39, 0.29) is 24.1 Å². The largest absolute Gasteiger partial charge is 0.618 e. The first-order chi connectivity index (χ1) is 17.8. The van der Waals surface area contributed by atoms with Gasteiger partial charge in [-0.15, -0.1) is 0 Å². The Bertz CT molecular complexity index is 1350. The van der Waals surface area contributed by atoms with Gasteiger partial charge in [-0.25, -0.2) is 0 Å². The van der Waals surface area contributed by atoms with Gasteiger partial charge in [-0.2, -0.15) is 15.1 Å². The van der Waals surface area contributed by atoms with Crippen LogP contribution in [0, 0.1) is 22.5 Å². The van der Waals surface area contributed by atoms with Gasteiger partial charge in [0.15, 0.2) is 5.69 Å². The number of nitriles is 1. The number of carbonyl (C=O) groups is 1. The Hall–Kier alpha value is -3.64. The summed E-state index contributed by atoms with van der Waals surface area (Å²) in [5.74, 6) is 0.547. The molecule has 2 aromatic heterocycles. The molecule has 0 radical (unpaired) electrons. The number of pyridine rings is 1. The molecular weight excluding hydrogens is 470 g/mol. The fourth-order valence-electron chi connectivity index (χ4n) is 4.99. The fourth-order valence-corrected chi connectivity index (χ4v) is 4.99. The Morgan fingerprint density at radius 1 is 1.32 bits per heavy atom. The normalized spacial score (nSPS) is 21.6. The van der Waals surface area contributed by atoms with Crippen molar-refractivity contribution in [2.45, 2.75) is 76.4 Å². The molecule has 0 spiro atoms. The van der Waals surface area contributed by atoms with E-state index in [0.717, 1.165) is 36.6 Å². The first-order valence-electron chi connectivity index (χ1n) is 13.1. The molecule has 9 nitrogen and oxygen atoms in total. The summed E-state index contributed by atoms with van der Waals surface area (Å²) in [4.78, 5) is 13.2. The van der Waals surface area contributed by atoms with E-state index >= 15 is 0 Å². The number of hydrogen-bond donors (Lipinski definition) is 2. The summed E-state index contributed by atoms with van der Waals surface area (Å²) in [5.41, 5.74) is 0.901. The third-order valence-electron chi connectivity index (χ3n) is 7.51. The number of rotatable bonds is 8. The molecule has 2 N–H and O–H groups in total. The molecular formula is C28H33N5O4. The Morgan fingerprint density at radius 3 is 2.76 bits per heavy atom. The molecule has 0 atom stereocenters. The number of benzene rings is 1. The van der Waals surface area contributed by atoms with Crippen LogP contribution in [0.25, 0.3) is 10.9 Å². The summed E-state index contributed by atoms with van der Waals surface area (Å²) in [7, 11) is 0. The number of hydrogen-bond acceptors (Lipinski definition) is 6. The molecule has 0 unspecified atom stereocenters. The van der Waals surface area contributed by atoms with Gasteiger partial charge in [0.25, 0.3) is 5.69 Å². The van der Waals surface area contributed by atoms with Crippen molar-refractivity contribution in [3.63, 3.8) is 0 Å². The van der Waals surface area contributed by atoms with Gasteiger partial charge in [-0.3, -0.25) is 9.48 Å². The molecule has 0 bridgehead atoms. The Morgan fingerprint density at radius 2 is 2.08 bits per heavy atom. The van der Waals surface area contributed by atoms with Crippen LogP contribution in [0.4, 0.5) is 5.69 Å². The molecule has 0 saturated heterocycles. The Kier molecular flexibility index (Phi) is 6.78. The average molecular weight is 504 g/mol. The van der Waals surface area contributed by atoms with E-state index in [1.165, 1.54) is 6.07 Å². The monoisotopic (exact) mass is 503 g/mol. The maximum absolute atomic E-state index is 13.2. The smallest absolute Gasteiger partial charge is 0.321 e. The van der Waals surface area contributed by atoms with Gasteiger partial charge in [0.05, 0.1) is 41.9 Å². The lowest BCUT2D eigenvalue weighted by Gasteiger charge is -2.34. The first kappa shape index (κ1) is 25.0. The van der Waals surface area contributed by atoms with Crippen LogP contribution in [0.5, 0.6) is 5.75 Å². The molecule has 9 heteroatoms. The van der Waals surface area contributed by atoms with E-state index < -0.39 is 11.5 Å². The summed E-state index contributed by atoms with van der Waals surface area (Å²) in [6.45, 7) is 4.40. The van der Waals surface area contributed by atoms with Gasteiger partial charge in [0.2, 0.25) is 0 Å². The molecule has 2 heterocycles. The van der Waals surface area contributed by atoms with Crippen LogP contribution < -0.4 is 14.8 Å². The van der Waals surface area contributed by atoms with Crippen LogP contribution in [0.2, 0.25) is 0 Å². The quantitative estimate of drug-likeness (QED) is 0.342. The zero-order chi connectivity index (χ0) is 26.2. The minimum Gasteiger partial charge on any atom is -0.618 e. The predicted molar refractivity (Wildman–Crippen MR) is 138 cm³/mol. The van der Waals surface area contributed by atoms with Crippen LogP contribution in [-0.2, 0) is 0 Å². The summed E-state index contributed by atoms with van der Waals surface area (Å²) in [6, 6.07) is 10.9. The SMILES string of the molecule is CC(C)c1cccc(C(=O)Nc2cc3cn(C4CCC(O)(CC#N)CC4)nc3cc2OCC2CC2)[n+]1[O-]. The Labute approximate surface area is 216 Å². The van der Waals surface area contributed by atoms with Gasteiger partial charge in [0.1, 0.15) is 5.75 Å². The van der Waals surface area contributed by atoms with E-state index in [9.17, 15) is 15.1 Å². The minimum absolute atomic E-state index is 0.0134. The van der Waals surface area contributed by atoms with Crippen molar-refractivity contribution in [3.05, 3.63) is 53.1 Å². The van der Waals surface area contributed by atoms with E-state index in [2.05, 4.69) is 11.4 Å². The van der Waals surface area contributed by atoms with Crippen LogP contribution in [0.3, 0.4) is 0 Å². The maximum Gasteiger partial charge on any atom is 0.321 e. The van der Waals surface area contributed by atoms with Crippen LogP contribution in [-0.4, -0.2) is 33.0 Å². The molecule has 2 saturated carbocycles. The molecule has 3 aromatic rings. The van der Waals surface area contributed by atoms with Crippen molar-refractivity contribution in [1.82, 2.24) is 9.78 Å². The number of ether oxygens (including phenoxy) is 1. The lowest BCUT2D eigenvalue weighted by molar-refractivity contribution is -0.617. The van der Waals surface area contributed by atoms with E-state index in [0.29, 0.717) is 47.2 Å². The average Bonchev–Trinajstić information content (AvgIpc) is 3.60. The third kappa shape index (κ3) is 5.39. The van der Waals surface area contributed by atoms with Gasteiger partial charge < -0.3 is 20.4 Å². The van der Waals surface area contributed by atoms with Crippen molar-refractivity contribution in [3.8, 4) is 11.8 Å². The standard InChI is InChI=1S/C28H33N5O4/c1-18(2)24-4-3-5-25(33(24)36)27(34)30-23-14-20-16-32(21-8-10-28(35,11-9-21)12-13-29)31-22(20)15-26(23)37-17-19-6-7-19/h3-5,14-16,18-19,21,35H,6-12,17H2,1-2H3,(H,30,34). The molecule has 1 aromatic carbocycles. The van der Waals surface area contributed by atoms with Gasteiger partial charge >= 0.3 is 5.91 Å². The second kappa shape index (κ2) is 10.0. The first-order valence-corrected chi connectivity index (χ1v) is 13.1. The fraction of sp³-hybridized carbons (Fsp3) is 0.500. The van der Waals surface area contributed by atoms with E-state index in [1.807, 2.05) is 36.9 Å². The third-order valence-corrected chi connectivity index (χ3v) is 7.51. The Balaban J connectivity index is 1.42. The molecule has 5 rings (SSSR count). The van der Waals surface area contributed by atoms with E-state index in [4.69, 9.17) is 15.1 Å². The summed E-state index contributed by atoms with van der Waals surface area (Å²) in [6.07, 6.45) is 6.95. The number of amides is 1. The van der Waals surface area contributed by atoms with Crippen molar-refractivity contribution in [1.29, 1.82) is 5.26 Å². The lowest BCUT2D eigenvalue weighted by Crippen LogP contribution is -2.41. The molecule has 2 fully saturated rings. The number of aliphatic hydroxyl groups is 1. The summed E-state index contributed by atoms with van der Waals surface area (Å²) >= 11 is 0. The number of aromatic nitrogens is 3. The highest BCUT2D eigenvalue weighted by Crippen LogP contribution is 2.38. The van der Waals surface area contributed by atoms with Crippen LogP contribution >= 0.6 is 0 Å². The van der Waals surface area contributed by atoms with Crippen molar-refractivity contribution in [2.24, 2.45) is 5.92 Å². The number of nitrogens with one attached hydrogen (secondary N) is 1. The van der Waals surface area contributed by atoms with Crippen LogP contribution in [0.15, 0.2) is 36.5 Å². The van der Waals surface area contributed by atoms with Crippen molar-refractivity contribution < 1.29 is 19.4 Å². The number of anilines is 1. The van der Waals surface area contributed by atoms with Crippen molar-refractivity contribution in [2.75, 3.05) is 11.9 Å². The molecule has 2 aliphatic carbocycles. The predicted octanol–water partition coefficient (Wildman–Crippen LogP) is 4.59. The van der Waals surface area contributed by atoms with Gasteiger partial charge in [-0.05, 0) is 56.6 Å². The number of carbonyl (C=O) groups excluding carboxylic acids is 1.